The minimum absolute atomic E-state index is 0.142. The summed E-state index contributed by atoms with van der Waals surface area (Å²) in [6.07, 6.45) is 0.830. The van der Waals surface area contributed by atoms with Crippen molar-refractivity contribution in [3.63, 3.8) is 0 Å². The average Bonchev–Trinajstić information content (AvgIpc) is 2.98. The predicted molar refractivity (Wildman–Crippen MR) is 69.9 cm³/mol. The molecule has 20 heavy (non-hydrogen) atoms. The van der Waals surface area contributed by atoms with Gasteiger partial charge in [-0.25, -0.2) is 0 Å². The first-order chi connectivity index (χ1) is 9.31. The lowest BCUT2D eigenvalue weighted by Gasteiger charge is -2.53. The van der Waals surface area contributed by atoms with Crippen molar-refractivity contribution in [3.05, 3.63) is 0 Å². The number of hydrogen-bond acceptors (Lipinski definition) is 2. The van der Waals surface area contributed by atoms with E-state index in [2.05, 4.69) is 0 Å². The van der Waals surface area contributed by atoms with Crippen LogP contribution in [0.15, 0.2) is 0 Å². The van der Waals surface area contributed by atoms with Gasteiger partial charge in [-0.05, 0) is 56.8 Å². The molecule has 3 fully saturated rings. The minimum Gasteiger partial charge on any atom is -0.389 e. The summed E-state index contributed by atoms with van der Waals surface area (Å²) >= 11 is 0. The molecule has 0 aromatic rings. The second kappa shape index (κ2) is 4.60. The summed E-state index contributed by atoms with van der Waals surface area (Å²) in [6.45, 7) is 0.329. The zero-order valence-electron chi connectivity index (χ0n) is 11.8. The van der Waals surface area contributed by atoms with Crippen LogP contribution >= 0.6 is 0 Å². The van der Waals surface area contributed by atoms with Crippen LogP contribution < -0.4 is 5.73 Å². The third-order valence-corrected chi connectivity index (χ3v) is 6.46. The van der Waals surface area contributed by atoms with E-state index in [9.17, 15) is 18.3 Å². The molecule has 3 saturated carbocycles. The number of hydrogen-bond donors (Lipinski definition) is 2. The summed E-state index contributed by atoms with van der Waals surface area (Å²) in [5.41, 5.74) is 4.32. The molecule has 116 valence electrons. The summed E-state index contributed by atoms with van der Waals surface area (Å²) in [6, 6.07) is 0. The maximum absolute atomic E-state index is 13.0. The zero-order valence-corrected chi connectivity index (χ0v) is 11.8. The molecule has 0 amide bonds. The van der Waals surface area contributed by atoms with Gasteiger partial charge < -0.3 is 10.8 Å². The van der Waals surface area contributed by atoms with E-state index < -0.39 is 23.1 Å². The van der Waals surface area contributed by atoms with E-state index in [1.807, 2.05) is 0 Å². The highest BCUT2D eigenvalue weighted by Gasteiger charge is 2.62. The van der Waals surface area contributed by atoms with Crippen LogP contribution in [0, 0.1) is 23.2 Å². The highest BCUT2D eigenvalue weighted by molar-refractivity contribution is 5.12. The minimum atomic E-state index is -4.19. The van der Waals surface area contributed by atoms with Crippen molar-refractivity contribution >= 4 is 0 Å². The molecule has 0 spiro atoms. The molecule has 0 aromatic heterocycles. The summed E-state index contributed by atoms with van der Waals surface area (Å²) in [4.78, 5) is 0. The van der Waals surface area contributed by atoms with Gasteiger partial charge in [0, 0.05) is 12.0 Å². The molecule has 3 aliphatic rings. The Kier molecular flexibility index (Phi) is 3.37. The largest absolute Gasteiger partial charge is 0.391 e. The van der Waals surface area contributed by atoms with Gasteiger partial charge >= 0.3 is 6.18 Å². The fraction of sp³-hybridized carbons (Fsp3) is 1.00. The lowest BCUT2D eigenvalue weighted by atomic mass is 9.56. The molecule has 5 atom stereocenters. The first kappa shape index (κ1) is 14.6. The highest BCUT2D eigenvalue weighted by atomic mass is 19.4. The summed E-state index contributed by atoms with van der Waals surface area (Å²) in [5.74, 6) is -0.461. The lowest BCUT2D eigenvalue weighted by Crippen LogP contribution is -2.58. The Hall–Kier alpha value is -0.290. The van der Waals surface area contributed by atoms with Gasteiger partial charge in [-0.2, -0.15) is 13.2 Å². The number of halogens is 3. The third kappa shape index (κ3) is 2.00. The number of aliphatic hydroxyl groups is 1. The van der Waals surface area contributed by atoms with Crippen molar-refractivity contribution in [2.75, 3.05) is 6.54 Å². The van der Waals surface area contributed by atoms with Crippen LogP contribution in [-0.2, 0) is 0 Å². The highest BCUT2D eigenvalue weighted by Crippen LogP contribution is 2.63. The molecule has 5 heteroatoms. The van der Waals surface area contributed by atoms with E-state index in [1.54, 1.807) is 0 Å². The van der Waals surface area contributed by atoms with Crippen LogP contribution in [0.1, 0.15) is 51.4 Å². The van der Waals surface area contributed by atoms with Gasteiger partial charge in [0.25, 0.3) is 0 Å². The van der Waals surface area contributed by atoms with Crippen molar-refractivity contribution in [2.24, 2.45) is 28.9 Å². The Morgan fingerprint density at radius 3 is 2.40 bits per heavy atom. The fourth-order valence-corrected chi connectivity index (χ4v) is 5.44. The van der Waals surface area contributed by atoms with Crippen LogP contribution in [0.5, 0.6) is 0 Å². The van der Waals surface area contributed by atoms with E-state index in [-0.39, 0.29) is 12.8 Å². The van der Waals surface area contributed by atoms with Crippen molar-refractivity contribution in [1.82, 2.24) is 0 Å². The molecule has 0 aliphatic heterocycles. The van der Waals surface area contributed by atoms with Crippen molar-refractivity contribution in [3.8, 4) is 0 Å². The quantitative estimate of drug-likeness (QED) is 0.820. The molecule has 3 rings (SSSR count). The number of rotatable bonds is 2. The Balaban J connectivity index is 1.87. The fourth-order valence-electron chi connectivity index (χ4n) is 5.44. The molecule has 0 radical (unpaired) electrons. The Labute approximate surface area is 117 Å². The molecule has 3 N–H and O–H groups in total. The molecule has 2 bridgehead atoms. The van der Waals surface area contributed by atoms with Crippen LogP contribution in [0.25, 0.3) is 0 Å². The van der Waals surface area contributed by atoms with Gasteiger partial charge in [0.2, 0.25) is 0 Å². The number of fused-ring (bicyclic) bond motifs is 2. The van der Waals surface area contributed by atoms with E-state index in [0.717, 1.165) is 25.7 Å². The molecule has 3 aliphatic carbocycles. The second-order valence-corrected chi connectivity index (χ2v) is 7.31. The van der Waals surface area contributed by atoms with Crippen LogP contribution in [-0.4, -0.2) is 23.4 Å². The molecule has 5 unspecified atom stereocenters. The standard InChI is InChI=1S/C15H24F3NO/c16-15(17,18)12-2-1-5-14(20,8-12)13(9-19)7-10-3-4-11(13)6-10/h10-12,20H,1-9,19H2. The Morgan fingerprint density at radius 2 is 1.90 bits per heavy atom. The summed E-state index contributed by atoms with van der Waals surface area (Å²) < 4.78 is 39.1. The van der Waals surface area contributed by atoms with Gasteiger partial charge in [0.05, 0.1) is 11.5 Å². The van der Waals surface area contributed by atoms with Gasteiger partial charge in [0.1, 0.15) is 0 Å². The maximum Gasteiger partial charge on any atom is 0.391 e. The van der Waals surface area contributed by atoms with Gasteiger partial charge in [-0.3, -0.25) is 0 Å². The van der Waals surface area contributed by atoms with Crippen molar-refractivity contribution in [1.29, 1.82) is 0 Å². The normalized spacial score (nSPS) is 48.8. The first-order valence-electron chi connectivity index (χ1n) is 7.80. The SMILES string of the molecule is NCC1(C2(O)CCCC(C(F)(F)F)C2)CC2CCC1C2. The maximum atomic E-state index is 13.0. The number of nitrogens with two attached hydrogens (primary N) is 1. The smallest absolute Gasteiger partial charge is 0.389 e. The first-order valence-corrected chi connectivity index (χ1v) is 7.80. The average molecular weight is 291 g/mol. The van der Waals surface area contributed by atoms with Gasteiger partial charge in [-0.1, -0.05) is 6.42 Å². The third-order valence-electron chi connectivity index (χ3n) is 6.46. The van der Waals surface area contributed by atoms with Gasteiger partial charge in [0.15, 0.2) is 0 Å². The van der Waals surface area contributed by atoms with Crippen molar-refractivity contribution < 1.29 is 18.3 Å². The molecule has 0 saturated heterocycles. The Morgan fingerprint density at radius 1 is 1.15 bits per heavy atom. The predicted octanol–water partition coefficient (Wildman–Crippen LogP) is 3.24. The molecule has 0 aromatic carbocycles. The van der Waals surface area contributed by atoms with E-state index in [1.165, 1.54) is 0 Å². The van der Waals surface area contributed by atoms with Crippen LogP contribution in [0.3, 0.4) is 0 Å². The van der Waals surface area contributed by atoms with Crippen LogP contribution in [0.2, 0.25) is 0 Å². The lowest BCUT2D eigenvalue weighted by molar-refractivity contribution is -0.222. The monoisotopic (exact) mass is 291 g/mol. The topological polar surface area (TPSA) is 46.2 Å². The second-order valence-electron chi connectivity index (χ2n) is 7.31. The van der Waals surface area contributed by atoms with Crippen LogP contribution in [0.4, 0.5) is 13.2 Å². The van der Waals surface area contributed by atoms with E-state index in [0.29, 0.717) is 31.2 Å². The van der Waals surface area contributed by atoms with Crippen molar-refractivity contribution in [2.45, 2.75) is 63.1 Å². The number of alkyl halides is 3. The zero-order chi connectivity index (χ0) is 14.6. The summed E-state index contributed by atoms with van der Waals surface area (Å²) in [7, 11) is 0. The van der Waals surface area contributed by atoms with Gasteiger partial charge in [-0.15, -0.1) is 0 Å². The molecular formula is C15H24F3NO. The molecule has 0 heterocycles. The van der Waals surface area contributed by atoms with E-state index >= 15 is 0 Å². The molecular weight excluding hydrogens is 267 g/mol. The van der Waals surface area contributed by atoms with E-state index in [4.69, 9.17) is 5.73 Å². The summed E-state index contributed by atoms with van der Waals surface area (Å²) in [5, 5.41) is 11.1. The molecule has 2 nitrogen and oxygen atoms in total. The Bertz CT molecular complexity index is 386.